The molecule has 0 bridgehead atoms. The molecule has 0 aromatic heterocycles. The van der Waals surface area contributed by atoms with Gasteiger partial charge in [0.1, 0.15) is 12.1 Å². The molecule has 2 amide bonds. The minimum Gasteiger partial charge on any atom is -0.490 e. The standard InChI is InChI=1S/C15H18N2O4/c1-9-15(19)17(10(2)14(18)16-9)11-4-5-12-13(8-11)21-7-3-6-20-12/h4-5,8-10H,3,6-7H2,1-2H3,(H,16,18). The third kappa shape index (κ3) is 2.41. The van der Waals surface area contributed by atoms with E-state index in [0.29, 0.717) is 30.4 Å². The van der Waals surface area contributed by atoms with Crippen molar-refractivity contribution in [2.24, 2.45) is 0 Å². The molecule has 0 radical (unpaired) electrons. The van der Waals surface area contributed by atoms with E-state index in [9.17, 15) is 9.59 Å². The average molecular weight is 290 g/mol. The maximum Gasteiger partial charge on any atom is 0.250 e. The third-order valence-corrected chi connectivity index (χ3v) is 3.74. The molecule has 0 aliphatic carbocycles. The second-order valence-electron chi connectivity index (χ2n) is 5.30. The SMILES string of the molecule is CC1NC(=O)C(C)N(c2ccc3c(c2)OCCCO3)C1=O. The molecule has 2 unspecified atom stereocenters. The Kier molecular flexibility index (Phi) is 3.45. The van der Waals surface area contributed by atoms with Crippen LogP contribution in [0.5, 0.6) is 11.5 Å². The molecule has 0 spiro atoms. The van der Waals surface area contributed by atoms with Crippen molar-refractivity contribution < 1.29 is 19.1 Å². The van der Waals surface area contributed by atoms with Crippen LogP contribution in [0.1, 0.15) is 20.3 Å². The highest BCUT2D eigenvalue weighted by atomic mass is 16.5. The number of hydrogen-bond donors (Lipinski definition) is 1. The molecule has 112 valence electrons. The van der Waals surface area contributed by atoms with Crippen LogP contribution in [0.3, 0.4) is 0 Å². The Bertz CT molecular complexity index is 587. The number of hydrogen-bond acceptors (Lipinski definition) is 4. The summed E-state index contributed by atoms with van der Waals surface area (Å²) in [6.07, 6.45) is 0.822. The summed E-state index contributed by atoms with van der Waals surface area (Å²) in [5.74, 6) is 1.00. The first-order chi connectivity index (χ1) is 10.1. The van der Waals surface area contributed by atoms with Crippen LogP contribution >= 0.6 is 0 Å². The number of nitrogens with zero attached hydrogens (tertiary/aromatic N) is 1. The Morgan fingerprint density at radius 3 is 2.62 bits per heavy atom. The van der Waals surface area contributed by atoms with Crippen LogP contribution < -0.4 is 19.7 Å². The van der Waals surface area contributed by atoms with Crippen molar-refractivity contribution in [2.45, 2.75) is 32.4 Å². The van der Waals surface area contributed by atoms with Gasteiger partial charge < -0.3 is 14.8 Å². The fourth-order valence-corrected chi connectivity index (χ4v) is 2.57. The first kappa shape index (κ1) is 13.7. The Morgan fingerprint density at radius 2 is 1.86 bits per heavy atom. The number of carbonyl (C=O) groups is 2. The summed E-state index contributed by atoms with van der Waals surface area (Å²) in [5, 5.41) is 2.66. The van der Waals surface area contributed by atoms with Crippen molar-refractivity contribution in [1.29, 1.82) is 0 Å². The first-order valence-corrected chi connectivity index (χ1v) is 7.11. The molecule has 1 saturated heterocycles. The Labute approximate surface area is 123 Å². The number of rotatable bonds is 1. The van der Waals surface area contributed by atoms with Gasteiger partial charge in [-0.2, -0.15) is 0 Å². The Balaban J connectivity index is 1.97. The van der Waals surface area contributed by atoms with Crippen molar-refractivity contribution >= 4 is 17.5 Å². The highest BCUT2D eigenvalue weighted by Crippen LogP contribution is 2.35. The van der Waals surface area contributed by atoms with Crippen molar-refractivity contribution in [3.8, 4) is 11.5 Å². The molecule has 21 heavy (non-hydrogen) atoms. The summed E-state index contributed by atoms with van der Waals surface area (Å²) >= 11 is 0. The second kappa shape index (κ2) is 5.27. The van der Waals surface area contributed by atoms with Gasteiger partial charge >= 0.3 is 0 Å². The number of nitrogens with one attached hydrogen (secondary N) is 1. The normalized spacial score (nSPS) is 25.3. The highest BCUT2D eigenvalue weighted by molar-refractivity contribution is 6.08. The predicted octanol–water partition coefficient (Wildman–Crippen LogP) is 1.09. The van der Waals surface area contributed by atoms with E-state index in [2.05, 4.69) is 5.32 Å². The number of benzene rings is 1. The molecule has 3 rings (SSSR count). The third-order valence-electron chi connectivity index (χ3n) is 3.74. The monoisotopic (exact) mass is 290 g/mol. The molecule has 6 nitrogen and oxygen atoms in total. The first-order valence-electron chi connectivity index (χ1n) is 7.11. The summed E-state index contributed by atoms with van der Waals surface area (Å²) < 4.78 is 11.2. The van der Waals surface area contributed by atoms with E-state index in [-0.39, 0.29) is 11.8 Å². The molecule has 1 aromatic carbocycles. The molecular formula is C15H18N2O4. The number of piperazine rings is 1. The average Bonchev–Trinajstić information content (AvgIpc) is 2.70. The topological polar surface area (TPSA) is 67.9 Å². The van der Waals surface area contributed by atoms with Gasteiger partial charge in [-0.25, -0.2) is 0 Å². The quantitative estimate of drug-likeness (QED) is 0.840. The van der Waals surface area contributed by atoms with E-state index in [0.717, 1.165) is 6.42 Å². The lowest BCUT2D eigenvalue weighted by Crippen LogP contribution is -2.61. The molecule has 1 fully saturated rings. The van der Waals surface area contributed by atoms with E-state index in [1.54, 1.807) is 32.0 Å². The number of amides is 2. The molecule has 0 saturated carbocycles. The van der Waals surface area contributed by atoms with E-state index in [1.807, 2.05) is 0 Å². The molecule has 2 atom stereocenters. The van der Waals surface area contributed by atoms with Gasteiger partial charge in [0.25, 0.3) is 0 Å². The molecule has 1 N–H and O–H groups in total. The minimum atomic E-state index is -0.543. The second-order valence-corrected chi connectivity index (χ2v) is 5.30. The lowest BCUT2D eigenvalue weighted by atomic mass is 10.1. The van der Waals surface area contributed by atoms with Crippen LogP contribution in [-0.4, -0.2) is 37.1 Å². The largest absolute Gasteiger partial charge is 0.490 e. The molecule has 1 aromatic rings. The smallest absolute Gasteiger partial charge is 0.250 e. The van der Waals surface area contributed by atoms with E-state index < -0.39 is 12.1 Å². The summed E-state index contributed by atoms with van der Waals surface area (Å²) in [6, 6.07) is 4.27. The number of ether oxygens (including phenoxy) is 2. The van der Waals surface area contributed by atoms with Crippen LogP contribution in [0.2, 0.25) is 0 Å². The molecule has 2 heterocycles. The Hall–Kier alpha value is -2.24. The molecule has 2 aliphatic heterocycles. The minimum absolute atomic E-state index is 0.128. The van der Waals surface area contributed by atoms with Gasteiger partial charge in [-0.3, -0.25) is 14.5 Å². The van der Waals surface area contributed by atoms with Crippen molar-refractivity contribution in [3.05, 3.63) is 18.2 Å². The number of carbonyl (C=O) groups excluding carboxylic acids is 2. The van der Waals surface area contributed by atoms with Crippen LogP contribution in [-0.2, 0) is 9.59 Å². The van der Waals surface area contributed by atoms with Crippen LogP contribution in [0, 0.1) is 0 Å². The van der Waals surface area contributed by atoms with Gasteiger partial charge in [0, 0.05) is 18.2 Å². The Morgan fingerprint density at radius 1 is 1.14 bits per heavy atom. The van der Waals surface area contributed by atoms with Crippen molar-refractivity contribution in [3.63, 3.8) is 0 Å². The summed E-state index contributed by atoms with van der Waals surface area (Å²) in [6.45, 7) is 4.59. The van der Waals surface area contributed by atoms with Gasteiger partial charge in [0.05, 0.1) is 13.2 Å². The number of anilines is 1. The lowest BCUT2D eigenvalue weighted by molar-refractivity contribution is -0.133. The maximum atomic E-state index is 12.4. The van der Waals surface area contributed by atoms with E-state index >= 15 is 0 Å². The van der Waals surface area contributed by atoms with Crippen LogP contribution in [0.15, 0.2) is 18.2 Å². The predicted molar refractivity (Wildman–Crippen MR) is 76.6 cm³/mol. The van der Waals surface area contributed by atoms with Crippen molar-refractivity contribution in [1.82, 2.24) is 5.32 Å². The van der Waals surface area contributed by atoms with Gasteiger partial charge in [0.15, 0.2) is 11.5 Å². The van der Waals surface area contributed by atoms with Gasteiger partial charge in [-0.15, -0.1) is 0 Å². The summed E-state index contributed by atoms with van der Waals surface area (Å²) in [7, 11) is 0. The fraction of sp³-hybridized carbons (Fsp3) is 0.467. The molecule has 2 aliphatic rings. The van der Waals surface area contributed by atoms with Gasteiger partial charge in [0.2, 0.25) is 11.8 Å². The van der Waals surface area contributed by atoms with Crippen LogP contribution in [0.25, 0.3) is 0 Å². The summed E-state index contributed by atoms with van der Waals surface area (Å²) in [4.78, 5) is 25.8. The molecule has 6 heteroatoms. The molecular weight excluding hydrogens is 272 g/mol. The highest BCUT2D eigenvalue weighted by Gasteiger charge is 2.37. The van der Waals surface area contributed by atoms with Crippen LogP contribution in [0.4, 0.5) is 5.69 Å². The van der Waals surface area contributed by atoms with E-state index in [1.165, 1.54) is 4.90 Å². The maximum absolute atomic E-state index is 12.4. The lowest BCUT2D eigenvalue weighted by Gasteiger charge is -2.36. The van der Waals surface area contributed by atoms with E-state index in [4.69, 9.17) is 9.47 Å². The zero-order chi connectivity index (χ0) is 15.0. The summed E-state index contributed by atoms with van der Waals surface area (Å²) in [5.41, 5.74) is 0.651. The zero-order valence-corrected chi connectivity index (χ0v) is 12.1. The van der Waals surface area contributed by atoms with Crippen molar-refractivity contribution in [2.75, 3.05) is 18.1 Å². The fourth-order valence-electron chi connectivity index (χ4n) is 2.57. The van der Waals surface area contributed by atoms with Gasteiger partial charge in [-0.05, 0) is 26.0 Å². The van der Waals surface area contributed by atoms with Gasteiger partial charge in [-0.1, -0.05) is 0 Å². The zero-order valence-electron chi connectivity index (χ0n) is 12.1. The number of fused-ring (bicyclic) bond motifs is 1.